The molecule has 1 heterocycles. The molecule has 2 N–H and O–H groups in total. The van der Waals surface area contributed by atoms with Crippen molar-refractivity contribution in [2.75, 3.05) is 18.8 Å². The van der Waals surface area contributed by atoms with E-state index in [0.717, 1.165) is 5.69 Å². The number of anilines is 1. The molecule has 1 aromatic carbocycles. The van der Waals surface area contributed by atoms with Crippen molar-refractivity contribution in [3.63, 3.8) is 0 Å². The van der Waals surface area contributed by atoms with E-state index in [9.17, 15) is 0 Å². The van der Waals surface area contributed by atoms with Gasteiger partial charge in [0, 0.05) is 11.7 Å². The van der Waals surface area contributed by atoms with E-state index in [1.807, 2.05) is 12.1 Å². The summed E-state index contributed by atoms with van der Waals surface area (Å²) in [6, 6.07) is 8.95. The molecule has 1 aliphatic rings. The standard InChI is InChI=1S/C14H22N2/c1-11(2)14(16-9-3-4-10-16)12-5-7-13(15)8-6-12/h5-8,11,14H,3-4,9-10,15H2,1-2H3. The predicted molar refractivity (Wildman–Crippen MR) is 69.2 cm³/mol. The monoisotopic (exact) mass is 218 g/mol. The Labute approximate surface area is 98.4 Å². The van der Waals surface area contributed by atoms with Crippen molar-refractivity contribution in [2.24, 2.45) is 5.92 Å². The van der Waals surface area contributed by atoms with Gasteiger partial charge in [0.1, 0.15) is 0 Å². The summed E-state index contributed by atoms with van der Waals surface area (Å²) in [4.78, 5) is 2.61. The second-order valence-electron chi connectivity index (χ2n) is 5.10. The summed E-state index contributed by atoms with van der Waals surface area (Å²) >= 11 is 0. The Balaban J connectivity index is 2.21. The van der Waals surface area contributed by atoms with Gasteiger partial charge in [0.2, 0.25) is 0 Å². The summed E-state index contributed by atoms with van der Waals surface area (Å²) in [5.41, 5.74) is 8.01. The van der Waals surface area contributed by atoms with Crippen LogP contribution in [0, 0.1) is 5.92 Å². The summed E-state index contributed by atoms with van der Waals surface area (Å²) in [7, 11) is 0. The molecule has 0 amide bonds. The first-order valence-corrected chi connectivity index (χ1v) is 6.28. The van der Waals surface area contributed by atoms with Gasteiger partial charge in [0.15, 0.2) is 0 Å². The molecule has 1 unspecified atom stereocenters. The van der Waals surface area contributed by atoms with Crippen molar-refractivity contribution in [1.29, 1.82) is 0 Å². The van der Waals surface area contributed by atoms with Crippen LogP contribution in [0.25, 0.3) is 0 Å². The van der Waals surface area contributed by atoms with Crippen LogP contribution in [0.2, 0.25) is 0 Å². The Morgan fingerprint density at radius 3 is 2.12 bits per heavy atom. The molecular formula is C14H22N2. The van der Waals surface area contributed by atoms with Gasteiger partial charge in [-0.05, 0) is 49.5 Å². The number of hydrogen-bond donors (Lipinski definition) is 1. The molecule has 88 valence electrons. The fourth-order valence-electron chi connectivity index (χ4n) is 2.73. The third-order valence-corrected chi connectivity index (χ3v) is 3.44. The zero-order valence-electron chi connectivity index (χ0n) is 10.3. The van der Waals surface area contributed by atoms with Gasteiger partial charge in [0.05, 0.1) is 0 Å². The average Bonchev–Trinajstić information content (AvgIpc) is 2.74. The molecule has 0 radical (unpaired) electrons. The third kappa shape index (κ3) is 2.38. The zero-order chi connectivity index (χ0) is 11.5. The van der Waals surface area contributed by atoms with E-state index in [1.165, 1.54) is 31.5 Å². The van der Waals surface area contributed by atoms with E-state index in [4.69, 9.17) is 5.73 Å². The molecule has 1 atom stereocenters. The fraction of sp³-hybridized carbons (Fsp3) is 0.571. The number of nitrogen functional groups attached to an aromatic ring is 1. The van der Waals surface area contributed by atoms with E-state index >= 15 is 0 Å². The van der Waals surface area contributed by atoms with Gasteiger partial charge in [-0.1, -0.05) is 26.0 Å². The van der Waals surface area contributed by atoms with Crippen LogP contribution in [0.15, 0.2) is 24.3 Å². The van der Waals surface area contributed by atoms with Crippen molar-refractivity contribution in [3.05, 3.63) is 29.8 Å². The second-order valence-corrected chi connectivity index (χ2v) is 5.10. The van der Waals surface area contributed by atoms with E-state index in [0.29, 0.717) is 12.0 Å². The van der Waals surface area contributed by atoms with Gasteiger partial charge < -0.3 is 5.73 Å². The Morgan fingerprint density at radius 1 is 1.06 bits per heavy atom. The second kappa shape index (κ2) is 4.88. The minimum Gasteiger partial charge on any atom is -0.399 e. The quantitative estimate of drug-likeness (QED) is 0.790. The van der Waals surface area contributed by atoms with Crippen molar-refractivity contribution in [1.82, 2.24) is 4.90 Å². The molecule has 1 saturated heterocycles. The zero-order valence-corrected chi connectivity index (χ0v) is 10.3. The van der Waals surface area contributed by atoms with Crippen molar-refractivity contribution in [3.8, 4) is 0 Å². The lowest BCUT2D eigenvalue weighted by atomic mass is 9.94. The molecule has 0 aliphatic carbocycles. The molecule has 2 nitrogen and oxygen atoms in total. The van der Waals surface area contributed by atoms with Gasteiger partial charge in [-0.15, -0.1) is 0 Å². The Morgan fingerprint density at radius 2 is 1.62 bits per heavy atom. The maximum atomic E-state index is 5.74. The van der Waals surface area contributed by atoms with Crippen molar-refractivity contribution >= 4 is 5.69 Å². The highest BCUT2D eigenvalue weighted by molar-refractivity contribution is 5.40. The van der Waals surface area contributed by atoms with Crippen LogP contribution in [0.3, 0.4) is 0 Å². The molecule has 16 heavy (non-hydrogen) atoms. The molecule has 2 rings (SSSR count). The average molecular weight is 218 g/mol. The summed E-state index contributed by atoms with van der Waals surface area (Å²) in [6.07, 6.45) is 2.69. The molecule has 1 aliphatic heterocycles. The fourth-order valence-corrected chi connectivity index (χ4v) is 2.73. The van der Waals surface area contributed by atoms with Crippen LogP contribution >= 0.6 is 0 Å². The molecule has 2 heteroatoms. The number of nitrogens with zero attached hydrogens (tertiary/aromatic N) is 1. The first kappa shape index (κ1) is 11.5. The van der Waals surface area contributed by atoms with Crippen LogP contribution in [0.1, 0.15) is 38.3 Å². The van der Waals surface area contributed by atoms with E-state index in [-0.39, 0.29) is 0 Å². The Kier molecular flexibility index (Phi) is 3.49. The van der Waals surface area contributed by atoms with Crippen LogP contribution in [0.4, 0.5) is 5.69 Å². The van der Waals surface area contributed by atoms with Gasteiger partial charge in [-0.25, -0.2) is 0 Å². The summed E-state index contributed by atoms with van der Waals surface area (Å²) < 4.78 is 0. The molecule has 1 fully saturated rings. The number of hydrogen-bond acceptors (Lipinski definition) is 2. The Hall–Kier alpha value is -1.02. The topological polar surface area (TPSA) is 29.3 Å². The van der Waals surface area contributed by atoms with Gasteiger partial charge in [-0.3, -0.25) is 4.90 Å². The van der Waals surface area contributed by atoms with Gasteiger partial charge in [0.25, 0.3) is 0 Å². The summed E-state index contributed by atoms with van der Waals surface area (Å²) in [5.74, 6) is 0.654. The van der Waals surface area contributed by atoms with Crippen molar-refractivity contribution < 1.29 is 0 Å². The van der Waals surface area contributed by atoms with E-state index in [1.54, 1.807) is 0 Å². The minimum atomic E-state index is 0.558. The van der Waals surface area contributed by atoms with Crippen LogP contribution in [-0.2, 0) is 0 Å². The molecule has 0 spiro atoms. The van der Waals surface area contributed by atoms with Gasteiger partial charge >= 0.3 is 0 Å². The molecular weight excluding hydrogens is 196 g/mol. The molecule has 0 saturated carbocycles. The molecule has 0 bridgehead atoms. The van der Waals surface area contributed by atoms with Gasteiger partial charge in [-0.2, -0.15) is 0 Å². The summed E-state index contributed by atoms with van der Waals surface area (Å²) in [6.45, 7) is 7.10. The van der Waals surface area contributed by atoms with E-state index < -0.39 is 0 Å². The van der Waals surface area contributed by atoms with Crippen molar-refractivity contribution in [2.45, 2.75) is 32.7 Å². The number of nitrogens with two attached hydrogens (primary N) is 1. The van der Waals surface area contributed by atoms with E-state index in [2.05, 4.69) is 30.9 Å². The maximum absolute atomic E-state index is 5.74. The first-order chi connectivity index (χ1) is 7.68. The normalized spacial score (nSPS) is 19.2. The SMILES string of the molecule is CC(C)C(c1ccc(N)cc1)N1CCCC1. The van der Waals surface area contributed by atoms with Crippen LogP contribution in [0.5, 0.6) is 0 Å². The molecule has 1 aromatic rings. The maximum Gasteiger partial charge on any atom is 0.0371 e. The van der Waals surface area contributed by atoms with Crippen LogP contribution in [-0.4, -0.2) is 18.0 Å². The highest BCUT2D eigenvalue weighted by Crippen LogP contribution is 2.31. The highest BCUT2D eigenvalue weighted by Gasteiger charge is 2.25. The number of rotatable bonds is 3. The number of benzene rings is 1. The summed E-state index contributed by atoms with van der Waals surface area (Å²) in [5, 5.41) is 0. The lowest BCUT2D eigenvalue weighted by Gasteiger charge is -2.31. The largest absolute Gasteiger partial charge is 0.399 e. The third-order valence-electron chi connectivity index (χ3n) is 3.44. The minimum absolute atomic E-state index is 0.558. The Bertz CT molecular complexity index is 323. The lowest BCUT2D eigenvalue weighted by Crippen LogP contribution is -2.29. The highest BCUT2D eigenvalue weighted by atomic mass is 15.2. The lowest BCUT2D eigenvalue weighted by molar-refractivity contribution is 0.193. The predicted octanol–water partition coefficient (Wildman–Crippen LogP) is 3.06. The smallest absolute Gasteiger partial charge is 0.0371 e. The first-order valence-electron chi connectivity index (χ1n) is 6.28. The molecule has 0 aromatic heterocycles. The van der Waals surface area contributed by atoms with Crippen LogP contribution < -0.4 is 5.73 Å². The number of likely N-dealkylation sites (tertiary alicyclic amines) is 1.